The van der Waals surface area contributed by atoms with E-state index in [0.717, 1.165) is 27.8 Å². The van der Waals surface area contributed by atoms with E-state index < -0.39 is 0 Å². The Bertz CT molecular complexity index is 1100. The lowest BCUT2D eigenvalue weighted by molar-refractivity contribution is 0.0992. The quantitative estimate of drug-likeness (QED) is 0.440. The molecule has 2 aromatic heterocycles. The van der Waals surface area contributed by atoms with Crippen molar-refractivity contribution in [2.24, 2.45) is 0 Å². The summed E-state index contributed by atoms with van der Waals surface area (Å²) >= 11 is 0. The highest BCUT2D eigenvalue weighted by Gasteiger charge is 2.10. The molecular weight excluding hydrogens is 352 g/mol. The van der Waals surface area contributed by atoms with Crippen LogP contribution in [0.2, 0.25) is 0 Å². The smallest absolute Gasteiger partial charge is 0.181 e. The Morgan fingerprint density at radius 1 is 1.04 bits per heavy atom. The van der Waals surface area contributed by atoms with Crippen LogP contribution >= 0.6 is 0 Å². The van der Waals surface area contributed by atoms with Crippen LogP contribution in [-0.2, 0) is 6.42 Å². The van der Waals surface area contributed by atoms with Gasteiger partial charge in [0, 0.05) is 28.4 Å². The Morgan fingerprint density at radius 2 is 1.86 bits per heavy atom. The third kappa shape index (κ3) is 3.93. The molecule has 0 atom stereocenters. The molecule has 0 saturated heterocycles. The largest absolute Gasteiger partial charge is 0.491 e. The van der Waals surface area contributed by atoms with Crippen molar-refractivity contribution in [2.45, 2.75) is 26.4 Å². The van der Waals surface area contributed by atoms with Crippen molar-refractivity contribution < 1.29 is 13.9 Å². The fourth-order valence-corrected chi connectivity index (χ4v) is 3.05. The third-order valence-corrected chi connectivity index (χ3v) is 4.38. The van der Waals surface area contributed by atoms with Gasteiger partial charge in [-0.25, -0.2) is 4.98 Å². The second-order valence-corrected chi connectivity index (χ2v) is 6.89. The lowest BCUT2D eigenvalue weighted by Gasteiger charge is -2.10. The molecule has 0 saturated carbocycles. The number of benzene rings is 2. The number of hydrogen-bond acceptors (Lipinski definition) is 5. The highest BCUT2D eigenvalue weighted by atomic mass is 16.5. The number of aromatic nitrogens is 2. The number of ketones is 1. The molecule has 0 radical (unpaired) electrons. The van der Waals surface area contributed by atoms with Crippen LogP contribution in [0.4, 0.5) is 0 Å². The van der Waals surface area contributed by atoms with Gasteiger partial charge in [0.15, 0.2) is 17.9 Å². The Labute approximate surface area is 163 Å². The van der Waals surface area contributed by atoms with E-state index in [1.807, 2.05) is 50.2 Å². The first-order valence-corrected chi connectivity index (χ1v) is 9.16. The van der Waals surface area contributed by atoms with Gasteiger partial charge in [-0.15, -0.1) is 0 Å². The molecule has 0 bridgehead atoms. The summed E-state index contributed by atoms with van der Waals surface area (Å²) in [6, 6.07) is 15.2. The van der Waals surface area contributed by atoms with E-state index in [0.29, 0.717) is 11.3 Å². The van der Waals surface area contributed by atoms with Crippen LogP contribution < -0.4 is 4.74 Å². The molecule has 5 nitrogen and oxygen atoms in total. The second kappa shape index (κ2) is 7.64. The third-order valence-electron chi connectivity index (χ3n) is 4.38. The minimum atomic E-state index is 0.0225. The maximum absolute atomic E-state index is 12.6. The monoisotopic (exact) mass is 372 g/mol. The van der Waals surface area contributed by atoms with Crippen LogP contribution in [0.25, 0.3) is 22.1 Å². The minimum absolute atomic E-state index is 0.0225. The van der Waals surface area contributed by atoms with Crippen molar-refractivity contribution in [2.75, 3.05) is 0 Å². The van der Waals surface area contributed by atoms with Crippen LogP contribution in [0, 0.1) is 0 Å². The summed E-state index contributed by atoms with van der Waals surface area (Å²) in [6.07, 6.45) is 5.23. The van der Waals surface area contributed by atoms with E-state index in [2.05, 4.69) is 9.97 Å². The van der Waals surface area contributed by atoms with Gasteiger partial charge in [0.1, 0.15) is 5.75 Å². The van der Waals surface area contributed by atoms with Crippen LogP contribution in [0.5, 0.6) is 5.75 Å². The molecule has 0 aliphatic heterocycles. The summed E-state index contributed by atoms with van der Waals surface area (Å²) in [5.74, 6) is 1.49. The lowest BCUT2D eigenvalue weighted by Crippen LogP contribution is -2.07. The highest BCUT2D eigenvalue weighted by Crippen LogP contribution is 2.24. The fourth-order valence-electron chi connectivity index (χ4n) is 3.05. The first kappa shape index (κ1) is 17.9. The normalized spacial score (nSPS) is 11.1. The number of rotatable bonds is 6. The summed E-state index contributed by atoms with van der Waals surface area (Å²) in [5.41, 5.74) is 2.32. The van der Waals surface area contributed by atoms with E-state index in [1.165, 1.54) is 6.39 Å². The van der Waals surface area contributed by atoms with Crippen LogP contribution in [0.15, 0.2) is 71.7 Å². The van der Waals surface area contributed by atoms with E-state index in [9.17, 15) is 4.79 Å². The van der Waals surface area contributed by atoms with Gasteiger partial charge in [0.05, 0.1) is 18.7 Å². The molecule has 0 unspecified atom stereocenters. The number of hydrogen-bond donors (Lipinski definition) is 0. The van der Waals surface area contributed by atoms with Gasteiger partial charge in [-0.2, -0.15) is 0 Å². The molecule has 0 aliphatic rings. The first-order valence-electron chi connectivity index (χ1n) is 9.16. The van der Waals surface area contributed by atoms with Gasteiger partial charge in [-0.3, -0.25) is 9.78 Å². The number of carbonyl (C=O) groups is 1. The molecule has 4 aromatic rings. The van der Waals surface area contributed by atoms with Crippen LogP contribution in [0.1, 0.15) is 29.9 Å². The van der Waals surface area contributed by atoms with Crippen molar-refractivity contribution in [1.82, 2.24) is 9.97 Å². The van der Waals surface area contributed by atoms with Crippen molar-refractivity contribution in [3.63, 3.8) is 0 Å². The number of ether oxygens (including phenoxy) is 1. The van der Waals surface area contributed by atoms with E-state index in [4.69, 9.17) is 9.15 Å². The molecule has 2 heterocycles. The number of fused-ring (bicyclic) bond motifs is 1. The van der Waals surface area contributed by atoms with Crippen molar-refractivity contribution >= 4 is 16.6 Å². The van der Waals surface area contributed by atoms with Crippen molar-refractivity contribution in [3.05, 3.63) is 78.6 Å². The molecule has 0 N–H and O–H groups in total. The van der Waals surface area contributed by atoms with Crippen LogP contribution in [0.3, 0.4) is 0 Å². The number of carbonyl (C=O) groups excluding carboxylic acids is 1. The fraction of sp³-hybridized carbons (Fsp3) is 0.174. The zero-order valence-corrected chi connectivity index (χ0v) is 15.8. The van der Waals surface area contributed by atoms with Crippen LogP contribution in [-0.4, -0.2) is 21.9 Å². The molecule has 2 aromatic carbocycles. The molecule has 140 valence electrons. The average molecular weight is 372 g/mol. The zero-order valence-electron chi connectivity index (χ0n) is 15.8. The molecule has 0 fully saturated rings. The predicted molar refractivity (Wildman–Crippen MR) is 107 cm³/mol. The lowest BCUT2D eigenvalue weighted by atomic mass is 10.0. The predicted octanol–water partition coefficient (Wildman–Crippen LogP) is 5.10. The minimum Gasteiger partial charge on any atom is -0.491 e. The Kier molecular flexibility index (Phi) is 4.89. The zero-order chi connectivity index (χ0) is 19.5. The van der Waals surface area contributed by atoms with Gasteiger partial charge in [0.2, 0.25) is 0 Å². The summed E-state index contributed by atoms with van der Waals surface area (Å²) < 4.78 is 11.0. The molecule has 4 rings (SSSR count). The SMILES string of the molecule is CC(C)Oc1ccc(C(=O)Cc2cc3cc(-c4cnco4)ccc3cn2)cc1. The van der Waals surface area contributed by atoms with Gasteiger partial charge < -0.3 is 9.15 Å². The summed E-state index contributed by atoms with van der Waals surface area (Å²) in [7, 11) is 0. The molecule has 0 amide bonds. The first-order chi connectivity index (χ1) is 13.6. The van der Waals surface area contributed by atoms with Gasteiger partial charge in [-0.05, 0) is 55.6 Å². The second-order valence-electron chi connectivity index (χ2n) is 6.89. The molecule has 5 heteroatoms. The summed E-state index contributed by atoms with van der Waals surface area (Å²) in [6.45, 7) is 3.94. The number of pyridine rings is 1. The Balaban J connectivity index is 1.54. The van der Waals surface area contributed by atoms with Crippen molar-refractivity contribution in [3.8, 4) is 17.1 Å². The average Bonchev–Trinajstić information content (AvgIpc) is 3.22. The van der Waals surface area contributed by atoms with E-state index >= 15 is 0 Å². The van der Waals surface area contributed by atoms with E-state index in [1.54, 1.807) is 24.5 Å². The maximum atomic E-state index is 12.6. The molecule has 0 spiro atoms. The number of oxazole rings is 1. The van der Waals surface area contributed by atoms with Gasteiger partial charge in [-0.1, -0.05) is 12.1 Å². The van der Waals surface area contributed by atoms with E-state index in [-0.39, 0.29) is 18.3 Å². The van der Waals surface area contributed by atoms with Gasteiger partial charge >= 0.3 is 0 Å². The maximum Gasteiger partial charge on any atom is 0.181 e. The molecular formula is C23H20N2O3. The molecule has 0 aliphatic carbocycles. The van der Waals surface area contributed by atoms with Crippen molar-refractivity contribution in [1.29, 1.82) is 0 Å². The number of Topliss-reactive ketones (excluding diaryl/α,β-unsaturated/α-hetero) is 1. The topological polar surface area (TPSA) is 65.2 Å². The van der Waals surface area contributed by atoms with Gasteiger partial charge in [0.25, 0.3) is 0 Å². The summed E-state index contributed by atoms with van der Waals surface area (Å²) in [5, 5.41) is 2.02. The summed E-state index contributed by atoms with van der Waals surface area (Å²) in [4.78, 5) is 21.0. The molecule has 28 heavy (non-hydrogen) atoms. The highest BCUT2D eigenvalue weighted by molar-refractivity contribution is 5.98. The Morgan fingerprint density at radius 3 is 2.57 bits per heavy atom. The standard InChI is InChI=1S/C23H20N2O3/c1-15(2)28-21-7-5-16(6-8-21)22(26)11-20-10-19-9-17(23-13-24-14-27-23)3-4-18(19)12-25-20/h3-10,12-15H,11H2,1-2H3. The Hall–Kier alpha value is -3.47. The number of nitrogens with zero attached hydrogens (tertiary/aromatic N) is 2.